The normalized spacial score (nSPS) is 11.6. The summed E-state index contributed by atoms with van der Waals surface area (Å²) in [7, 11) is 0. The molecule has 0 bridgehead atoms. The van der Waals surface area contributed by atoms with Gasteiger partial charge in [0.25, 0.3) is 0 Å². The Hall–Kier alpha value is -3.67. The number of para-hydroxylation sites is 1. The average molecular weight is 412 g/mol. The van der Waals surface area contributed by atoms with Gasteiger partial charge in [-0.15, -0.1) is 0 Å². The van der Waals surface area contributed by atoms with Crippen LogP contribution in [0.15, 0.2) is 57.7 Å². The Morgan fingerprint density at radius 2 is 1.68 bits per heavy atom. The molecular weight excluding hydrogens is 388 g/mol. The van der Waals surface area contributed by atoms with Gasteiger partial charge in [-0.3, -0.25) is 0 Å². The van der Waals surface area contributed by atoms with Crippen LogP contribution in [-0.4, -0.2) is 27.9 Å². The summed E-state index contributed by atoms with van der Waals surface area (Å²) in [6, 6.07) is 16.0. The minimum Gasteiger partial charge on any atom is -0.422 e. The number of anilines is 1. The van der Waals surface area contributed by atoms with Crippen molar-refractivity contribution < 1.29 is 4.42 Å². The number of pyridine rings is 1. The lowest BCUT2D eigenvalue weighted by Gasteiger charge is -2.21. The summed E-state index contributed by atoms with van der Waals surface area (Å²) in [6.45, 7) is 9.82. The van der Waals surface area contributed by atoms with Crippen molar-refractivity contribution in [2.75, 3.05) is 18.0 Å². The fourth-order valence-corrected chi connectivity index (χ4v) is 4.44. The molecule has 0 aliphatic heterocycles. The fourth-order valence-electron chi connectivity index (χ4n) is 4.44. The third-order valence-corrected chi connectivity index (χ3v) is 5.94. The summed E-state index contributed by atoms with van der Waals surface area (Å²) in [5.74, 6) is 0. The predicted octanol–water partition coefficient (Wildman–Crippen LogP) is 5.14. The van der Waals surface area contributed by atoms with Crippen LogP contribution in [0, 0.1) is 13.8 Å². The highest BCUT2D eigenvalue weighted by Crippen LogP contribution is 2.35. The Labute approximate surface area is 179 Å². The molecule has 3 aromatic heterocycles. The van der Waals surface area contributed by atoms with Gasteiger partial charge in [0.2, 0.25) is 0 Å². The quantitative estimate of drug-likeness (QED) is 0.302. The minimum absolute atomic E-state index is 0.363. The van der Waals surface area contributed by atoms with Crippen LogP contribution in [0.25, 0.3) is 38.5 Å². The fraction of sp³-hybridized carbons (Fsp3) is 0.240. The third-order valence-electron chi connectivity index (χ3n) is 5.94. The summed E-state index contributed by atoms with van der Waals surface area (Å²) in [5, 5.41) is 7.94. The molecule has 2 aromatic carbocycles. The van der Waals surface area contributed by atoms with E-state index in [1.54, 1.807) is 0 Å². The van der Waals surface area contributed by atoms with Crippen molar-refractivity contribution in [1.82, 2.24) is 14.8 Å². The number of hydrogen-bond donors (Lipinski definition) is 0. The zero-order valence-corrected chi connectivity index (χ0v) is 18.1. The van der Waals surface area contributed by atoms with Gasteiger partial charge in [0, 0.05) is 35.6 Å². The van der Waals surface area contributed by atoms with Crippen molar-refractivity contribution in [1.29, 1.82) is 0 Å². The first-order valence-corrected chi connectivity index (χ1v) is 10.6. The molecule has 0 atom stereocenters. The lowest BCUT2D eigenvalue weighted by molar-refractivity contribution is 0.569. The van der Waals surface area contributed by atoms with Gasteiger partial charge in [0.05, 0.1) is 27.8 Å². The first-order valence-electron chi connectivity index (χ1n) is 10.6. The van der Waals surface area contributed by atoms with E-state index < -0.39 is 0 Å². The van der Waals surface area contributed by atoms with Crippen molar-refractivity contribution >= 4 is 38.5 Å². The van der Waals surface area contributed by atoms with Gasteiger partial charge < -0.3 is 9.32 Å². The maximum atomic E-state index is 13.0. The molecule has 0 saturated carbocycles. The van der Waals surface area contributed by atoms with E-state index in [1.807, 2.05) is 61.0 Å². The monoisotopic (exact) mass is 412 g/mol. The summed E-state index contributed by atoms with van der Waals surface area (Å²) in [5.41, 5.74) is 4.41. The minimum atomic E-state index is -0.363. The number of benzene rings is 2. The Kier molecular flexibility index (Phi) is 4.50. The molecule has 0 aliphatic carbocycles. The van der Waals surface area contributed by atoms with Crippen LogP contribution in [-0.2, 0) is 0 Å². The lowest BCUT2D eigenvalue weighted by atomic mass is 10.0. The molecule has 0 aliphatic rings. The second kappa shape index (κ2) is 7.23. The van der Waals surface area contributed by atoms with Gasteiger partial charge in [-0.1, -0.05) is 18.2 Å². The first-order chi connectivity index (χ1) is 15.0. The van der Waals surface area contributed by atoms with E-state index in [-0.39, 0.29) is 5.63 Å². The zero-order chi connectivity index (χ0) is 21.7. The van der Waals surface area contributed by atoms with Crippen molar-refractivity contribution in [3.8, 4) is 5.69 Å². The smallest absolute Gasteiger partial charge is 0.346 e. The van der Waals surface area contributed by atoms with Crippen molar-refractivity contribution in [2.45, 2.75) is 27.7 Å². The van der Waals surface area contributed by atoms with Gasteiger partial charge in [-0.2, -0.15) is 5.10 Å². The molecule has 0 spiro atoms. The lowest BCUT2D eigenvalue weighted by Crippen LogP contribution is -2.21. The third kappa shape index (κ3) is 2.90. The van der Waals surface area contributed by atoms with E-state index in [1.165, 1.54) is 0 Å². The second-order valence-electron chi connectivity index (χ2n) is 7.72. The molecule has 0 unspecified atom stereocenters. The van der Waals surface area contributed by atoms with E-state index >= 15 is 0 Å². The van der Waals surface area contributed by atoms with Crippen LogP contribution in [0.2, 0.25) is 0 Å². The molecule has 5 aromatic rings. The molecular formula is C25H24N4O2. The van der Waals surface area contributed by atoms with Gasteiger partial charge in [0.15, 0.2) is 5.65 Å². The van der Waals surface area contributed by atoms with Crippen molar-refractivity contribution in [2.24, 2.45) is 0 Å². The van der Waals surface area contributed by atoms with Crippen LogP contribution < -0.4 is 10.5 Å². The molecule has 6 nitrogen and oxygen atoms in total. The predicted molar refractivity (Wildman–Crippen MR) is 125 cm³/mol. The van der Waals surface area contributed by atoms with E-state index in [9.17, 15) is 4.79 Å². The molecule has 156 valence electrons. The largest absolute Gasteiger partial charge is 0.422 e. The Morgan fingerprint density at radius 3 is 2.39 bits per heavy atom. The molecule has 3 heterocycles. The number of nitrogens with zero attached hydrogens (tertiary/aromatic N) is 4. The second-order valence-corrected chi connectivity index (χ2v) is 7.72. The van der Waals surface area contributed by atoms with E-state index in [2.05, 4.69) is 24.8 Å². The van der Waals surface area contributed by atoms with E-state index in [0.29, 0.717) is 16.7 Å². The van der Waals surface area contributed by atoms with Gasteiger partial charge in [0.1, 0.15) is 5.58 Å². The standard InChI is InChI=1S/C25H24N4O2/c1-5-28(6-2)18-12-13-19-20(14-18)31-25(30)22-15(3)26-24-21(23(19)22)16(4)27-29(24)17-10-8-7-9-11-17/h7-14H,5-6H2,1-4H3. The van der Waals surface area contributed by atoms with E-state index in [0.717, 1.165) is 52.0 Å². The topological polar surface area (TPSA) is 64.2 Å². The summed E-state index contributed by atoms with van der Waals surface area (Å²) < 4.78 is 7.62. The molecule has 0 amide bonds. The summed E-state index contributed by atoms with van der Waals surface area (Å²) in [6.07, 6.45) is 0. The molecule has 5 rings (SSSR count). The van der Waals surface area contributed by atoms with Gasteiger partial charge in [-0.05, 0) is 52.0 Å². The number of hydrogen-bond acceptors (Lipinski definition) is 5. The highest BCUT2D eigenvalue weighted by Gasteiger charge is 2.21. The highest BCUT2D eigenvalue weighted by atomic mass is 16.4. The van der Waals surface area contributed by atoms with Crippen molar-refractivity contribution in [3.63, 3.8) is 0 Å². The van der Waals surface area contributed by atoms with Crippen LogP contribution >= 0.6 is 0 Å². The van der Waals surface area contributed by atoms with Crippen LogP contribution in [0.3, 0.4) is 0 Å². The maximum Gasteiger partial charge on any atom is 0.346 e. The number of rotatable bonds is 4. The van der Waals surface area contributed by atoms with Gasteiger partial charge in [-0.25, -0.2) is 14.5 Å². The summed E-state index contributed by atoms with van der Waals surface area (Å²) >= 11 is 0. The Morgan fingerprint density at radius 1 is 0.935 bits per heavy atom. The number of aryl methyl sites for hydroxylation is 2. The highest BCUT2D eigenvalue weighted by molar-refractivity contribution is 6.19. The van der Waals surface area contributed by atoms with Crippen LogP contribution in [0.1, 0.15) is 25.2 Å². The zero-order valence-electron chi connectivity index (χ0n) is 18.1. The Bertz CT molecular complexity index is 1500. The number of fused-ring (bicyclic) bond motifs is 5. The molecule has 0 fully saturated rings. The SMILES string of the molecule is CCN(CC)c1ccc2c(c1)oc(=O)c1c(C)nc3c(c(C)nn3-c3ccccc3)c12. The van der Waals surface area contributed by atoms with Crippen molar-refractivity contribution in [3.05, 3.63) is 70.3 Å². The first kappa shape index (κ1) is 19.3. The molecule has 31 heavy (non-hydrogen) atoms. The molecule has 6 heteroatoms. The average Bonchev–Trinajstić information content (AvgIpc) is 3.10. The molecule has 0 N–H and O–H groups in total. The van der Waals surface area contributed by atoms with E-state index in [4.69, 9.17) is 14.5 Å². The Balaban J connectivity index is 1.92. The van der Waals surface area contributed by atoms with Crippen LogP contribution in [0.4, 0.5) is 5.69 Å². The van der Waals surface area contributed by atoms with Crippen LogP contribution in [0.5, 0.6) is 0 Å². The molecule has 0 saturated heterocycles. The van der Waals surface area contributed by atoms with Gasteiger partial charge >= 0.3 is 5.63 Å². The molecule has 0 radical (unpaired) electrons. The number of aromatic nitrogens is 3. The summed E-state index contributed by atoms with van der Waals surface area (Å²) in [4.78, 5) is 20.0. The maximum absolute atomic E-state index is 13.0.